The molecule has 0 aliphatic carbocycles. The summed E-state index contributed by atoms with van der Waals surface area (Å²) in [5.74, 6) is 0. The van der Waals surface area contributed by atoms with Gasteiger partial charge in [0.15, 0.2) is 0 Å². The van der Waals surface area contributed by atoms with Crippen LogP contribution < -0.4 is 0 Å². The predicted octanol–water partition coefficient (Wildman–Crippen LogP) is -0.675. The molecule has 1 radical (unpaired) electrons. The van der Waals surface area contributed by atoms with E-state index in [-0.39, 0.29) is 13.2 Å². The lowest BCUT2D eigenvalue weighted by atomic mass is 10.5. The van der Waals surface area contributed by atoms with Crippen molar-refractivity contribution in [2.45, 2.75) is 0 Å². The molecule has 0 aliphatic rings. The molecular formula is C6H14NO4S. The van der Waals surface area contributed by atoms with Crippen LogP contribution in [-0.4, -0.2) is 52.9 Å². The molecule has 12 heavy (non-hydrogen) atoms. The normalized spacial score (nSPS) is 12.3. The molecule has 6 heteroatoms. The summed E-state index contributed by atoms with van der Waals surface area (Å²) < 4.78 is 25.4. The van der Waals surface area contributed by atoms with Crippen LogP contribution in [0.1, 0.15) is 0 Å². The van der Waals surface area contributed by atoms with Crippen molar-refractivity contribution in [2.24, 2.45) is 0 Å². The number of nitrogens with zero attached hydrogens (tertiary/aromatic N) is 1. The van der Waals surface area contributed by atoms with E-state index in [2.05, 4.69) is 4.18 Å². The molecule has 0 fully saturated rings. The average Bonchev–Trinajstić information content (AvgIpc) is 1.84. The third-order valence-electron chi connectivity index (χ3n) is 1.24. The summed E-state index contributed by atoms with van der Waals surface area (Å²) in [7, 11) is -1.60. The highest BCUT2D eigenvalue weighted by Gasteiger charge is 2.02. The maximum Gasteiger partial charge on any atom is 0.264 e. The molecule has 0 aromatic rings. The van der Waals surface area contributed by atoms with Crippen molar-refractivity contribution < 1.29 is 17.7 Å². The van der Waals surface area contributed by atoms with Crippen LogP contribution >= 0.6 is 0 Å². The lowest BCUT2D eigenvalue weighted by Gasteiger charge is -2.13. The fourth-order valence-electron chi connectivity index (χ4n) is 0.612. The summed E-state index contributed by atoms with van der Waals surface area (Å²) >= 11 is 0. The molecule has 0 aliphatic heterocycles. The highest BCUT2D eigenvalue weighted by molar-refractivity contribution is 7.85. The van der Waals surface area contributed by atoms with Crippen molar-refractivity contribution in [3.63, 3.8) is 0 Å². The topological polar surface area (TPSA) is 66.5 Å². The highest BCUT2D eigenvalue weighted by atomic mass is 32.2. The van der Waals surface area contributed by atoms with Gasteiger partial charge in [0.05, 0.1) is 19.5 Å². The number of likely N-dealkylation sites (N-methyl/N-ethyl adjacent to an activating group) is 1. The Balaban J connectivity index is 3.44. The quantitative estimate of drug-likeness (QED) is 0.528. The fraction of sp³-hybridized carbons (Fsp3) is 1.00. The zero-order chi connectivity index (χ0) is 9.61. The third-order valence-corrected chi connectivity index (χ3v) is 1.84. The van der Waals surface area contributed by atoms with E-state index in [1.54, 1.807) is 11.9 Å². The van der Waals surface area contributed by atoms with Crippen molar-refractivity contribution >= 4 is 10.1 Å². The van der Waals surface area contributed by atoms with Gasteiger partial charge in [0.25, 0.3) is 10.1 Å². The third kappa shape index (κ3) is 7.93. The Labute approximate surface area is 73.1 Å². The van der Waals surface area contributed by atoms with Crippen molar-refractivity contribution in [3.05, 3.63) is 0 Å². The molecule has 0 atom stereocenters. The first-order valence-electron chi connectivity index (χ1n) is 3.57. The Morgan fingerprint density at radius 2 is 1.92 bits per heavy atom. The standard InChI is InChI=1S/C6H14NO4S/c1-7(3-5-8)4-6-11-12(2,9)10/h3-6H2,1-2H3. The first kappa shape index (κ1) is 11.8. The molecule has 0 aromatic heterocycles. The van der Waals surface area contributed by atoms with E-state index in [0.29, 0.717) is 13.1 Å². The second-order valence-electron chi connectivity index (χ2n) is 2.53. The van der Waals surface area contributed by atoms with Gasteiger partial charge in [-0.05, 0) is 7.05 Å². The Bertz CT molecular complexity index is 202. The first-order valence-corrected chi connectivity index (χ1v) is 5.38. The summed E-state index contributed by atoms with van der Waals surface area (Å²) in [6.45, 7) is 0.785. The molecule has 0 aromatic carbocycles. The van der Waals surface area contributed by atoms with Crippen LogP contribution in [0.4, 0.5) is 0 Å². The minimum atomic E-state index is -3.34. The zero-order valence-electron chi connectivity index (χ0n) is 7.32. The largest absolute Gasteiger partial charge is 0.302 e. The van der Waals surface area contributed by atoms with Gasteiger partial charge in [-0.25, -0.2) is 5.11 Å². The van der Waals surface area contributed by atoms with Crippen LogP contribution in [0.5, 0.6) is 0 Å². The second-order valence-corrected chi connectivity index (χ2v) is 4.18. The van der Waals surface area contributed by atoms with E-state index in [4.69, 9.17) is 0 Å². The first-order chi connectivity index (χ1) is 5.45. The van der Waals surface area contributed by atoms with Gasteiger partial charge in [0, 0.05) is 13.1 Å². The number of rotatable bonds is 6. The number of hydrogen-bond donors (Lipinski definition) is 0. The van der Waals surface area contributed by atoms with Crippen molar-refractivity contribution in [1.82, 2.24) is 4.90 Å². The van der Waals surface area contributed by atoms with Gasteiger partial charge in [-0.1, -0.05) is 0 Å². The van der Waals surface area contributed by atoms with Crippen LogP contribution in [0, 0.1) is 0 Å². The van der Waals surface area contributed by atoms with E-state index in [0.717, 1.165) is 6.26 Å². The Morgan fingerprint density at radius 1 is 1.33 bits per heavy atom. The van der Waals surface area contributed by atoms with E-state index < -0.39 is 10.1 Å². The van der Waals surface area contributed by atoms with Gasteiger partial charge in [-0.15, -0.1) is 0 Å². The molecule has 0 N–H and O–H groups in total. The molecule has 73 valence electrons. The van der Waals surface area contributed by atoms with Gasteiger partial charge in [0.2, 0.25) is 0 Å². The number of hydrogen-bond acceptors (Lipinski definition) is 4. The monoisotopic (exact) mass is 196 g/mol. The van der Waals surface area contributed by atoms with Gasteiger partial charge >= 0.3 is 0 Å². The maximum atomic E-state index is 10.5. The maximum absolute atomic E-state index is 10.5. The van der Waals surface area contributed by atoms with Crippen molar-refractivity contribution in [3.8, 4) is 0 Å². The molecule has 0 heterocycles. The van der Waals surface area contributed by atoms with E-state index in [1.807, 2.05) is 0 Å². The smallest absolute Gasteiger partial charge is 0.264 e. The van der Waals surface area contributed by atoms with Gasteiger partial charge in [-0.3, -0.25) is 4.18 Å². The van der Waals surface area contributed by atoms with E-state index in [9.17, 15) is 13.5 Å². The summed E-state index contributed by atoms with van der Waals surface area (Å²) in [5, 5.41) is 10.1. The van der Waals surface area contributed by atoms with Crippen LogP contribution in [0.2, 0.25) is 0 Å². The van der Waals surface area contributed by atoms with Crippen molar-refractivity contribution in [2.75, 3.05) is 39.6 Å². The molecule has 0 amide bonds. The minimum absolute atomic E-state index is 0.106. The van der Waals surface area contributed by atoms with E-state index in [1.165, 1.54) is 0 Å². The highest BCUT2D eigenvalue weighted by Crippen LogP contribution is 1.88. The summed E-state index contributed by atoms with van der Waals surface area (Å²) in [6.07, 6.45) is 1.00. The molecule has 5 nitrogen and oxygen atoms in total. The molecule has 0 saturated heterocycles. The fourth-order valence-corrected chi connectivity index (χ4v) is 0.989. The lowest BCUT2D eigenvalue weighted by molar-refractivity contribution is 0.144. The summed E-state index contributed by atoms with van der Waals surface area (Å²) in [5.41, 5.74) is 0. The molecular weight excluding hydrogens is 182 g/mol. The van der Waals surface area contributed by atoms with Crippen LogP contribution in [-0.2, 0) is 19.4 Å². The van der Waals surface area contributed by atoms with E-state index >= 15 is 0 Å². The summed E-state index contributed by atoms with van der Waals surface area (Å²) in [4.78, 5) is 1.72. The average molecular weight is 196 g/mol. The molecule has 0 unspecified atom stereocenters. The van der Waals surface area contributed by atoms with Crippen LogP contribution in [0.25, 0.3) is 0 Å². The second kappa shape index (κ2) is 5.47. The molecule has 0 saturated carbocycles. The van der Waals surface area contributed by atoms with Crippen LogP contribution in [0.3, 0.4) is 0 Å². The Morgan fingerprint density at radius 3 is 2.33 bits per heavy atom. The molecule has 0 bridgehead atoms. The van der Waals surface area contributed by atoms with Gasteiger partial charge in [0.1, 0.15) is 0 Å². The molecule has 0 spiro atoms. The van der Waals surface area contributed by atoms with Gasteiger partial charge < -0.3 is 4.90 Å². The minimum Gasteiger partial charge on any atom is -0.302 e. The summed E-state index contributed by atoms with van der Waals surface area (Å²) in [6, 6.07) is 0. The zero-order valence-corrected chi connectivity index (χ0v) is 8.13. The van der Waals surface area contributed by atoms with Crippen molar-refractivity contribution in [1.29, 1.82) is 0 Å². The molecule has 0 rings (SSSR count). The Kier molecular flexibility index (Phi) is 5.39. The Hall–Kier alpha value is -0.170. The van der Waals surface area contributed by atoms with Crippen LogP contribution in [0.15, 0.2) is 0 Å². The lowest BCUT2D eigenvalue weighted by Crippen LogP contribution is -2.26. The predicted molar refractivity (Wildman–Crippen MR) is 43.8 cm³/mol. The SMILES string of the molecule is CN(CC[O])CCOS(C)(=O)=O. The van der Waals surface area contributed by atoms with Gasteiger partial charge in [-0.2, -0.15) is 8.42 Å².